The summed E-state index contributed by atoms with van der Waals surface area (Å²) in [5.41, 5.74) is -0.318. The summed E-state index contributed by atoms with van der Waals surface area (Å²) in [6, 6.07) is 2.44. The van der Waals surface area contributed by atoms with Crippen molar-refractivity contribution in [2.24, 2.45) is 0 Å². The number of carbonyl (C=O) groups excluding carboxylic acids is 1. The molecule has 0 aliphatic rings. The van der Waals surface area contributed by atoms with Crippen molar-refractivity contribution in [3.05, 3.63) is 29.3 Å². The third kappa shape index (κ3) is 5.40. The van der Waals surface area contributed by atoms with Gasteiger partial charge in [-0.3, -0.25) is 4.79 Å². The molecule has 0 heterocycles. The molecule has 0 spiro atoms. The second-order valence-corrected chi connectivity index (χ2v) is 4.04. The maximum Gasteiger partial charge on any atom is 0.201 e. The van der Waals surface area contributed by atoms with Crippen LogP contribution >= 0.6 is 12.4 Å². The first-order valence-electron chi connectivity index (χ1n) is 5.83. The predicted molar refractivity (Wildman–Crippen MR) is 73.9 cm³/mol. The topological polar surface area (TPSA) is 38.8 Å². The molecule has 1 rings (SSSR count). The van der Waals surface area contributed by atoms with Gasteiger partial charge < -0.3 is 14.4 Å². The Morgan fingerprint density at radius 2 is 1.85 bits per heavy atom. The number of aldehydes is 1. The maximum atomic E-state index is 13.5. The minimum atomic E-state index is -1.18. The van der Waals surface area contributed by atoms with Crippen molar-refractivity contribution in [1.82, 2.24) is 4.90 Å². The summed E-state index contributed by atoms with van der Waals surface area (Å²) in [6.45, 7) is 2.09. The Morgan fingerprint density at radius 3 is 2.45 bits per heavy atom. The number of likely N-dealkylation sites (N-methyl/N-ethyl adjacent to an activating group) is 1. The number of ether oxygens (including phenoxy) is 2. The van der Waals surface area contributed by atoms with Crippen LogP contribution in [-0.2, 0) is 4.74 Å². The highest BCUT2D eigenvalue weighted by molar-refractivity contribution is 5.85. The lowest BCUT2D eigenvalue weighted by Crippen LogP contribution is -2.27. The van der Waals surface area contributed by atoms with Gasteiger partial charge in [-0.05, 0) is 19.2 Å². The number of nitrogens with zero attached hydrogens (tertiary/aromatic N) is 1. The van der Waals surface area contributed by atoms with Crippen LogP contribution < -0.4 is 4.74 Å². The minimum absolute atomic E-state index is 0. The van der Waals surface area contributed by atoms with Crippen molar-refractivity contribution >= 4 is 18.7 Å². The van der Waals surface area contributed by atoms with Crippen LogP contribution in [0.5, 0.6) is 5.75 Å². The molecule has 0 aliphatic heterocycles. The number of benzene rings is 1. The van der Waals surface area contributed by atoms with Crippen LogP contribution in [0.2, 0.25) is 0 Å². The zero-order chi connectivity index (χ0) is 14.3. The average Bonchev–Trinajstić information content (AvgIpc) is 2.41. The van der Waals surface area contributed by atoms with Crippen LogP contribution in [0.15, 0.2) is 12.1 Å². The van der Waals surface area contributed by atoms with E-state index in [4.69, 9.17) is 9.47 Å². The zero-order valence-electron chi connectivity index (χ0n) is 11.4. The van der Waals surface area contributed by atoms with Gasteiger partial charge in [-0.1, -0.05) is 0 Å². The zero-order valence-corrected chi connectivity index (χ0v) is 12.2. The van der Waals surface area contributed by atoms with Crippen LogP contribution in [0.3, 0.4) is 0 Å². The second-order valence-electron chi connectivity index (χ2n) is 4.04. The molecule has 0 radical (unpaired) electrons. The largest absolute Gasteiger partial charge is 0.489 e. The molecule has 114 valence electrons. The number of hydrogen-bond donors (Lipinski definition) is 0. The molecule has 0 N–H and O–H groups in total. The van der Waals surface area contributed by atoms with Crippen molar-refractivity contribution in [3.8, 4) is 5.75 Å². The molecule has 0 aromatic heterocycles. The Morgan fingerprint density at radius 1 is 1.20 bits per heavy atom. The fourth-order valence-corrected chi connectivity index (χ4v) is 1.42. The summed E-state index contributed by atoms with van der Waals surface area (Å²) < 4.78 is 36.9. The van der Waals surface area contributed by atoms with Gasteiger partial charge in [0.2, 0.25) is 5.82 Å². The Kier molecular flexibility index (Phi) is 9.03. The van der Waals surface area contributed by atoms with Gasteiger partial charge in [0.15, 0.2) is 17.9 Å². The molecule has 0 atom stereocenters. The molecule has 0 unspecified atom stereocenters. The van der Waals surface area contributed by atoms with Crippen molar-refractivity contribution in [1.29, 1.82) is 0 Å². The van der Waals surface area contributed by atoms with E-state index in [1.807, 2.05) is 11.9 Å². The van der Waals surface area contributed by atoms with Gasteiger partial charge in [0.1, 0.15) is 6.61 Å². The SMILES string of the molecule is COCCN(C)CCOc1ccc(C=O)c(F)c1F.Cl. The highest BCUT2D eigenvalue weighted by atomic mass is 35.5. The van der Waals surface area contributed by atoms with Crippen LogP contribution in [0.25, 0.3) is 0 Å². The normalized spacial score (nSPS) is 10.2. The summed E-state index contributed by atoms with van der Waals surface area (Å²) in [7, 11) is 3.48. The first kappa shape index (κ1) is 18.8. The van der Waals surface area contributed by atoms with Crippen molar-refractivity contribution < 1.29 is 23.0 Å². The second kappa shape index (κ2) is 9.63. The van der Waals surface area contributed by atoms with E-state index in [0.717, 1.165) is 6.54 Å². The third-order valence-electron chi connectivity index (χ3n) is 2.61. The van der Waals surface area contributed by atoms with E-state index in [-0.39, 0.29) is 36.6 Å². The first-order chi connectivity index (χ1) is 9.10. The Labute approximate surface area is 123 Å². The van der Waals surface area contributed by atoms with E-state index in [1.54, 1.807) is 7.11 Å². The van der Waals surface area contributed by atoms with E-state index >= 15 is 0 Å². The third-order valence-corrected chi connectivity index (χ3v) is 2.61. The number of methoxy groups -OCH3 is 1. The molecule has 4 nitrogen and oxygen atoms in total. The van der Waals surface area contributed by atoms with Gasteiger partial charge >= 0.3 is 0 Å². The average molecular weight is 310 g/mol. The van der Waals surface area contributed by atoms with E-state index < -0.39 is 11.6 Å². The highest BCUT2D eigenvalue weighted by Crippen LogP contribution is 2.21. The molecule has 0 saturated heterocycles. The standard InChI is InChI=1S/C13H17F2NO3.ClH/c1-16(5-7-18-2)6-8-19-11-4-3-10(9-17)12(14)13(11)15;/h3-4,9H,5-8H2,1-2H3;1H. The molecule has 0 amide bonds. The Hall–Kier alpha value is -1.24. The van der Waals surface area contributed by atoms with Crippen molar-refractivity contribution in [2.75, 3.05) is 40.5 Å². The summed E-state index contributed by atoms with van der Waals surface area (Å²) in [5.74, 6) is -2.51. The van der Waals surface area contributed by atoms with Crippen LogP contribution in [-0.4, -0.2) is 51.6 Å². The lowest BCUT2D eigenvalue weighted by atomic mass is 10.2. The fraction of sp³-hybridized carbons (Fsp3) is 0.462. The lowest BCUT2D eigenvalue weighted by molar-refractivity contribution is 0.111. The van der Waals surface area contributed by atoms with Crippen molar-refractivity contribution in [3.63, 3.8) is 0 Å². The summed E-state index contributed by atoms with van der Waals surface area (Å²) >= 11 is 0. The molecule has 0 aliphatic carbocycles. The smallest absolute Gasteiger partial charge is 0.201 e. The van der Waals surface area contributed by atoms with Crippen molar-refractivity contribution in [2.45, 2.75) is 0 Å². The molecule has 7 heteroatoms. The number of halogens is 3. The molecular weight excluding hydrogens is 292 g/mol. The van der Waals surface area contributed by atoms with Gasteiger partial charge in [-0.15, -0.1) is 12.4 Å². The number of rotatable bonds is 8. The molecule has 20 heavy (non-hydrogen) atoms. The molecule has 0 bridgehead atoms. The Balaban J connectivity index is 0.00000361. The number of carbonyl (C=O) groups is 1. The fourth-order valence-electron chi connectivity index (χ4n) is 1.42. The Bertz CT molecular complexity index is 432. The van der Waals surface area contributed by atoms with Crippen LogP contribution in [0.1, 0.15) is 10.4 Å². The maximum absolute atomic E-state index is 13.5. The summed E-state index contributed by atoms with van der Waals surface area (Å²) in [5, 5.41) is 0. The van der Waals surface area contributed by atoms with Crippen LogP contribution in [0.4, 0.5) is 8.78 Å². The van der Waals surface area contributed by atoms with Crippen LogP contribution in [0, 0.1) is 11.6 Å². The van der Waals surface area contributed by atoms with Gasteiger partial charge in [-0.2, -0.15) is 4.39 Å². The van der Waals surface area contributed by atoms with Gasteiger partial charge in [0, 0.05) is 20.2 Å². The molecular formula is C13H18ClF2NO3. The van der Waals surface area contributed by atoms with Gasteiger partial charge in [0.25, 0.3) is 0 Å². The molecule has 0 fully saturated rings. The lowest BCUT2D eigenvalue weighted by Gasteiger charge is -2.16. The van der Waals surface area contributed by atoms with E-state index in [0.29, 0.717) is 13.2 Å². The van der Waals surface area contributed by atoms with Gasteiger partial charge in [-0.25, -0.2) is 4.39 Å². The molecule has 0 saturated carbocycles. The molecule has 1 aromatic rings. The van der Waals surface area contributed by atoms with E-state index in [9.17, 15) is 13.6 Å². The quantitative estimate of drug-likeness (QED) is 0.690. The summed E-state index contributed by atoms with van der Waals surface area (Å²) in [4.78, 5) is 12.4. The highest BCUT2D eigenvalue weighted by Gasteiger charge is 2.14. The van der Waals surface area contributed by atoms with E-state index in [2.05, 4.69) is 0 Å². The molecule has 1 aromatic carbocycles. The first-order valence-corrected chi connectivity index (χ1v) is 5.83. The minimum Gasteiger partial charge on any atom is -0.489 e. The number of hydrogen-bond acceptors (Lipinski definition) is 4. The monoisotopic (exact) mass is 309 g/mol. The van der Waals surface area contributed by atoms with Gasteiger partial charge in [0.05, 0.1) is 12.2 Å². The summed E-state index contributed by atoms with van der Waals surface area (Å²) in [6.07, 6.45) is 0.265. The van der Waals surface area contributed by atoms with E-state index in [1.165, 1.54) is 12.1 Å². The predicted octanol–water partition coefficient (Wildman–Crippen LogP) is 2.16.